The number of halogens is 2. The molecule has 8 heteroatoms. The number of nitrogens with one attached hydrogen (secondary N) is 3. The minimum Gasteiger partial charge on any atom is -0.378 e. The number of morpholine rings is 1. The van der Waals surface area contributed by atoms with Gasteiger partial charge in [0.15, 0.2) is 0 Å². The molecule has 0 bridgehead atoms. The van der Waals surface area contributed by atoms with Gasteiger partial charge in [0.1, 0.15) is 0 Å². The van der Waals surface area contributed by atoms with E-state index < -0.39 is 17.5 Å². The molecule has 1 aromatic carbocycles. The van der Waals surface area contributed by atoms with Crippen LogP contribution in [0.3, 0.4) is 0 Å². The SMILES string of the molecule is N=C(c1ccc(N2CCOCC2)cc1)c1c(NC2CCCCC2(F)F)cc[nH]c1=O. The van der Waals surface area contributed by atoms with Crippen molar-refractivity contribution in [3.05, 3.63) is 58.0 Å². The van der Waals surface area contributed by atoms with E-state index >= 15 is 0 Å². The van der Waals surface area contributed by atoms with E-state index in [2.05, 4.69) is 15.2 Å². The van der Waals surface area contributed by atoms with Crippen LogP contribution in [0.15, 0.2) is 41.3 Å². The number of anilines is 2. The lowest BCUT2D eigenvalue weighted by atomic mass is 9.91. The molecular formula is C22H26F2N4O2. The van der Waals surface area contributed by atoms with Crippen molar-refractivity contribution in [3.63, 3.8) is 0 Å². The molecule has 2 aromatic rings. The standard InChI is InChI=1S/C22H26F2N4O2/c23-22(24)9-2-1-3-18(22)27-17-8-10-26-21(29)19(17)20(25)15-4-6-16(7-5-15)28-11-13-30-14-12-28/h4-8,10,18,25H,1-3,9,11-14H2,(H2,26,27,29). The minimum absolute atomic E-state index is 0.00648. The number of alkyl halides is 2. The zero-order valence-corrected chi connectivity index (χ0v) is 16.7. The van der Waals surface area contributed by atoms with Crippen LogP contribution in [0.2, 0.25) is 0 Å². The smallest absolute Gasteiger partial charge is 0.267 e. The predicted molar refractivity (Wildman–Crippen MR) is 113 cm³/mol. The van der Waals surface area contributed by atoms with E-state index in [1.807, 2.05) is 12.1 Å². The van der Waals surface area contributed by atoms with Gasteiger partial charge in [-0.1, -0.05) is 18.6 Å². The first-order valence-corrected chi connectivity index (χ1v) is 10.3. The fourth-order valence-electron chi connectivity index (χ4n) is 4.11. The van der Waals surface area contributed by atoms with Crippen LogP contribution in [0.5, 0.6) is 0 Å². The lowest BCUT2D eigenvalue weighted by molar-refractivity contribution is -0.0448. The van der Waals surface area contributed by atoms with Gasteiger partial charge in [0.25, 0.3) is 11.5 Å². The summed E-state index contributed by atoms with van der Waals surface area (Å²) in [6.07, 6.45) is 2.80. The Kier molecular flexibility index (Phi) is 5.85. The normalized spacial score (nSPS) is 21.3. The number of benzene rings is 1. The van der Waals surface area contributed by atoms with E-state index in [-0.39, 0.29) is 23.4 Å². The maximum Gasteiger partial charge on any atom is 0.267 e. The molecule has 2 heterocycles. The Morgan fingerprint density at radius 3 is 2.60 bits per heavy atom. The molecular weight excluding hydrogens is 390 g/mol. The third-order valence-electron chi connectivity index (χ3n) is 5.84. The van der Waals surface area contributed by atoms with Crippen LogP contribution in [0.4, 0.5) is 20.2 Å². The highest BCUT2D eigenvalue weighted by atomic mass is 19.3. The van der Waals surface area contributed by atoms with Gasteiger partial charge in [-0.15, -0.1) is 0 Å². The summed E-state index contributed by atoms with van der Waals surface area (Å²) in [5, 5.41) is 11.5. The number of aromatic amines is 1. The second kappa shape index (κ2) is 8.55. The summed E-state index contributed by atoms with van der Waals surface area (Å²) < 4.78 is 34.0. The first kappa shape index (κ1) is 20.5. The molecule has 6 nitrogen and oxygen atoms in total. The van der Waals surface area contributed by atoms with E-state index in [1.165, 1.54) is 6.20 Å². The molecule has 160 valence electrons. The summed E-state index contributed by atoms with van der Waals surface area (Å²) in [6, 6.07) is 7.92. The van der Waals surface area contributed by atoms with Crippen LogP contribution in [0.25, 0.3) is 0 Å². The highest BCUT2D eigenvalue weighted by Crippen LogP contribution is 2.35. The Labute approximate surface area is 173 Å². The molecule has 1 aliphatic heterocycles. The number of nitrogens with zero attached hydrogens (tertiary/aromatic N) is 1. The van der Waals surface area contributed by atoms with Crippen molar-refractivity contribution in [2.75, 3.05) is 36.5 Å². The Bertz CT molecular complexity index is 952. The van der Waals surface area contributed by atoms with E-state index in [9.17, 15) is 13.6 Å². The van der Waals surface area contributed by atoms with E-state index in [4.69, 9.17) is 10.1 Å². The van der Waals surface area contributed by atoms with E-state index in [1.54, 1.807) is 18.2 Å². The van der Waals surface area contributed by atoms with Crippen LogP contribution in [-0.2, 0) is 4.74 Å². The maximum absolute atomic E-state index is 14.3. The first-order chi connectivity index (χ1) is 14.5. The second-order valence-electron chi connectivity index (χ2n) is 7.82. The topological polar surface area (TPSA) is 81.2 Å². The van der Waals surface area contributed by atoms with Gasteiger partial charge in [0.2, 0.25) is 0 Å². The predicted octanol–water partition coefficient (Wildman–Crippen LogP) is 3.62. The van der Waals surface area contributed by atoms with Gasteiger partial charge in [-0.05, 0) is 31.0 Å². The molecule has 3 N–H and O–H groups in total. The van der Waals surface area contributed by atoms with Crippen molar-refractivity contribution in [2.24, 2.45) is 0 Å². The van der Waals surface area contributed by atoms with Crippen molar-refractivity contribution in [1.29, 1.82) is 5.41 Å². The molecule has 1 saturated heterocycles. The van der Waals surface area contributed by atoms with Crippen molar-refractivity contribution < 1.29 is 13.5 Å². The Hall–Kier alpha value is -2.74. The van der Waals surface area contributed by atoms with Gasteiger partial charge in [0, 0.05) is 37.0 Å². The first-order valence-electron chi connectivity index (χ1n) is 10.3. The lowest BCUT2D eigenvalue weighted by Crippen LogP contribution is -2.43. The molecule has 1 atom stereocenters. The fraction of sp³-hybridized carbons (Fsp3) is 0.455. The minimum atomic E-state index is -2.83. The Morgan fingerprint density at radius 1 is 1.17 bits per heavy atom. The Balaban J connectivity index is 1.59. The summed E-state index contributed by atoms with van der Waals surface area (Å²) >= 11 is 0. The third kappa shape index (κ3) is 4.23. The zero-order valence-electron chi connectivity index (χ0n) is 16.7. The van der Waals surface area contributed by atoms with Gasteiger partial charge in [-0.25, -0.2) is 8.78 Å². The largest absolute Gasteiger partial charge is 0.378 e. The molecule has 1 unspecified atom stereocenters. The molecule has 2 aliphatic rings. The third-order valence-corrected chi connectivity index (χ3v) is 5.84. The summed E-state index contributed by atoms with van der Waals surface area (Å²) in [6.45, 7) is 2.97. The lowest BCUT2D eigenvalue weighted by Gasteiger charge is -2.33. The molecule has 4 rings (SSSR count). The van der Waals surface area contributed by atoms with Crippen molar-refractivity contribution in [3.8, 4) is 0 Å². The van der Waals surface area contributed by atoms with Crippen LogP contribution in [0.1, 0.15) is 36.8 Å². The van der Waals surface area contributed by atoms with E-state index in [0.717, 1.165) is 18.8 Å². The average Bonchev–Trinajstić information content (AvgIpc) is 2.76. The monoisotopic (exact) mass is 416 g/mol. The van der Waals surface area contributed by atoms with Crippen molar-refractivity contribution in [2.45, 2.75) is 37.6 Å². The van der Waals surface area contributed by atoms with Gasteiger partial charge in [-0.2, -0.15) is 0 Å². The van der Waals surface area contributed by atoms with Gasteiger partial charge in [-0.3, -0.25) is 10.2 Å². The number of rotatable bonds is 5. The number of ether oxygens (including phenoxy) is 1. The molecule has 1 aromatic heterocycles. The van der Waals surface area contributed by atoms with Crippen LogP contribution in [0, 0.1) is 5.41 Å². The zero-order chi connectivity index (χ0) is 21.1. The quantitative estimate of drug-likeness (QED) is 0.651. The van der Waals surface area contributed by atoms with Crippen LogP contribution < -0.4 is 15.8 Å². The second-order valence-corrected chi connectivity index (χ2v) is 7.82. The number of hydrogen-bond donors (Lipinski definition) is 3. The molecule has 0 spiro atoms. The van der Waals surface area contributed by atoms with Gasteiger partial charge in [0.05, 0.1) is 36.2 Å². The molecule has 1 aliphatic carbocycles. The summed E-state index contributed by atoms with van der Waals surface area (Å²) in [7, 11) is 0. The highest BCUT2D eigenvalue weighted by Gasteiger charge is 2.41. The van der Waals surface area contributed by atoms with Gasteiger partial charge < -0.3 is 19.9 Å². The number of pyridine rings is 1. The van der Waals surface area contributed by atoms with Crippen LogP contribution in [-0.4, -0.2) is 49.0 Å². The van der Waals surface area contributed by atoms with Crippen molar-refractivity contribution in [1.82, 2.24) is 4.98 Å². The maximum atomic E-state index is 14.3. The average molecular weight is 416 g/mol. The highest BCUT2D eigenvalue weighted by molar-refractivity contribution is 6.13. The van der Waals surface area contributed by atoms with Crippen molar-refractivity contribution >= 4 is 17.1 Å². The summed E-state index contributed by atoms with van der Waals surface area (Å²) in [5.41, 5.74) is 1.47. The van der Waals surface area contributed by atoms with E-state index in [0.29, 0.717) is 38.0 Å². The Morgan fingerprint density at radius 2 is 1.90 bits per heavy atom. The number of H-pyrrole nitrogens is 1. The molecule has 1 saturated carbocycles. The molecule has 2 fully saturated rings. The summed E-state index contributed by atoms with van der Waals surface area (Å²) in [5.74, 6) is -2.83. The number of hydrogen-bond acceptors (Lipinski definition) is 5. The molecule has 0 amide bonds. The van der Waals surface area contributed by atoms with Crippen LogP contribution >= 0.6 is 0 Å². The summed E-state index contributed by atoms with van der Waals surface area (Å²) in [4.78, 5) is 17.3. The molecule has 0 radical (unpaired) electrons. The fourth-order valence-corrected chi connectivity index (χ4v) is 4.11. The van der Waals surface area contributed by atoms with Gasteiger partial charge >= 0.3 is 0 Å². The molecule has 30 heavy (non-hydrogen) atoms. The number of aromatic nitrogens is 1.